The fraction of sp³-hybridized carbons (Fsp3) is 0.381. The predicted molar refractivity (Wildman–Crippen MR) is 110 cm³/mol. The SMILES string of the molecule is Cc1c(C(=O)NCC2CCCC2)sc2nc(Cc3ccccc3)nc(N)c12. The molecule has 4 rings (SSSR count). The van der Waals surface area contributed by atoms with Crippen LogP contribution >= 0.6 is 11.3 Å². The van der Waals surface area contributed by atoms with Gasteiger partial charge in [0, 0.05) is 13.0 Å². The molecule has 1 aliphatic carbocycles. The number of nitrogens with zero attached hydrogens (tertiary/aromatic N) is 2. The number of fused-ring (bicyclic) bond motifs is 1. The third-order valence-corrected chi connectivity index (χ3v) is 6.49. The number of rotatable bonds is 5. The largest absolute Gasteiger partial charge is 0.383 e. The first kappa shape index (κ1) is 17.9. The highest BCUT2D eigenvalue weighted by Gasteiger charge is 2.21. The Morgan fingerprint density at radius 1 is 1.22 bits per heavy atom. The van der Waals surface area contributed by atoms with Gasteiger partial charge in [0.25, 0.3) is 5.91 Å². The summed E-state index contributed by atoms with van der Waals surface area (Å²) in [7, 11) is 0. The molecule has 3 aromatic rings. The lowest BCUT2D eigenvalue weighted by Gasteiger charge is -2.10. The highest BCUT2D eigenvalue weighted by atomic mass is 32.1. The van der Waals surface area contributed by atoms with Crippen molar-refractivity contribution in [3.8, 4) is 0 Å². The van der Waals surface area contributed by atoms with Crippen molar-refractivity contribution in [3.05, 3.63) is 52.2 Å². The maximum atomic E-state index is 12.7. The van der Waals surface area contributed by atoms with Gasteiger partial charge in [-0.05, 0) is 36.8 Å². The molecule has 2 aromatic heterocycles. The highest BCUT2D eigenvalue weighted by molar-refractivity contribution is 7.20. The molecule has 0 spiro atoms. The van der Waals surface area contributed by atoms with E-state index in [-0.39, 0.29) is 5.91 Å². The average Bonchev–Trinajstić information content (AvgIpc) is 3.29. The first-order chi connectivity index (χ1) is 13.1. The van der Waals surface area contributed by atoms with Gasteiger partial charge in [0.05, 0.1) is 10.3 Å². The summed E-state index contributed by atoms with van der Waals surface area (Å²) in [6.07, 6.45) is 5.61. The van der Waals surface area contributed by atoms with Crippen molar-refractivity contribution < 1.29 is 4.79 Å². The van der Waals surface area contributed by atoms with Crippen LogP contribution < -0.4 is 11.1 Å². The average molecular weight is 381 g/mol. The van der Waals surface area contributed by atoms with Crippen LogP contribution in [0, 0.1) is 12.8 Å². The molecule has 0 aliphatic heterocycles. The van der Waals surface area contributed by atoms with E-state index in [1.165, 1.54) is 37.0 Å². The number of nitrogens with two attached hydrogens (primary N) is 1. The van der Waals surface area contributed by atoms with Gasteiger partial charge in [0.1, 0.15) is 16.5 Å². The summed E-state index contributed by atoms with van der Waals surface area (Å²) in [5.41, 5.74) is 8.24. The van der Waals surface area contributed by atoms with Crippen LogP contribution in [0.4, 0.5) is 5.82 Å². The molecule has 1 amide bonds. The molecule has 0 radical (unpaired) electrons. The molecule has 1 aliphatic rings. The van der Waals surface area contributed by atoms with Crippen molar-refractivity contribution in [1.82, 2.24) is 15.3 Å². The number of hydrogen-bond acceptors (Lipinski definition) is 5. The Hall–Kier alpha value is -2.47. The van der Waals surface area contributed by atoms with Gasteiger partial charge in [-0.3, -0.25) is 4.79 Å². The zero-order valence-electron chi connectivity index (χ0n) is 15.5. The number of thiophene rings is 1. The van der Waals surface area contributed by atoms with Crippen LogP contribution in [0.2, 0.25) is 0 Å². The second-order valence-corrected chi connectivity index (χ2v) is 8.28. The number of amides is 1. The quantitative estimate of drug-likeness (QED) is 0.698. The summed E-state index contributed by atoms with van der Waals surface area (Å²) in [5, 5.41) is 3.91. The molecule has 1 aromatic carbocycles. The zero-order chi connectivity index (χ0) is 18.8. The maximum Gasteiger partial charge on any atom is 0.261 e. The Labute approximate surface area is 163 Å². The predicted octanol–water partition coefficient (Wildman–Crippen LogP) is 4.09. The minimum absolute atomic E-state index is 0.0218. The number of hydrogen-bond donors (Lipinski definition) is 2. The molecule has 0 bridgehead atoms. The summed E-state index contributed by atoms with van der Waals surface area (Å²) in [4.78, 5) is 23.3. The molecule has 3 N–H and O–H groups in total. The Morgan fingerprint density at radius 3 is 2.70 bits per heavy atom. The van der Waals surface area contributed by atoms with E-state index in [0.717, 1.165) is 27.9 Å². The van der Waals surface area contributed by atoms with E-state index in [4.69, 9.17) is 5.73 Å². The number of aromatic nitrogens is 2. The number of aryl methyl sites for hydroxylation is 1. The summed E-state index contributed by atoms with van der Waals surface area (Å²) in [6.45, 7) is 2.69. The number of benzene rings is 1. The smallest absolute Gasteiger partial charge is 0.261 e. The molecule has 0 unspecified atom stereocenters. The Morgan fingerprint density at radius 2 is 1.96 bits per heavy atom. The third kappa shape index (κ3) is 3.81. The van der Waals surface area contributed by atoms with Crippen molar-refractivity contribution in [3.63, 3.8) is 0 Å². The second-order valence-electron chi connectivity index (χ2n) is 7.28. The van der Waals surface area contributed by atoms with Crippen LogP contribution in [0.5, 0.6) is 0 Å². The lowest BCUT2D eigenvalue weighted by atomic mass is 10.1. The van der Waals surface area contributed by atoms with E-state index >= 15 is 0 Å². The van der Waals surface area contributed by atoms with Gasteiger partial charge < -0.3 is 11.1 Å². The molecule has 27 heavy (non-hydrogen) atoms. The molecular formula is C21H24N4OS. The normalized spacial score (nSPS) is 14.7. The molecule has 5 nitrogen and oxygen atoms in total. The minimum atomic E-state index is -0.0218. The van der Waals surface area contributed by atoms with Crippen LogP contribution in [-0.4, -0.2) is 22.4 Å². The van der Waals surface area contributed by atoms with Crippen LogP contribution in [0.1, 0.15) is 52.3 Å². The van der Waals surface area contributed by atoms with Gasteiger partial charge in [-0.1, -0.05) is 43.2 Å². The molecule has 1 fully saturated rings. The van der Waals surface area contributed by atoms with Gasteiger partial charge in [-0.15, -0.1) is 11.3 Å². The standard InChI is InChI=1S/C21H24N4OS/c1-13-17-19(22)24-16(11-14-7-3-2-4-8-14)25-21(17)27-18(13)20(26)23-12-15-9-5-6-10-15/h2-4,7-8,15H,5-6,9-12H2,1H3,(H,23,26)(H2,22,24,25). The summed E-state index contributed by atoms with van der Waals surface area (Å²) >= 11 is 1.41. The second kappa shape index (κ2) is 7.64. The number of nitrogens with one attached hydrogen (secondary N) is 1. The molecule has 0 saturated heterocycles. The summed E-state index contributed by atoms with van der Waals surface area (Å²) in [6, 6.07) is 10.1. The molecule has 2 heterocycles. The van der Waals surface area contributed by atoms with Gasteiger partial charge in [-0.2, -0.15) is 0 Å². The van der Waals surface area contributed by atoms with Crippen LogP contribution in [0.3, 0.4) is 0 Å². The van der Waals surface area contributed by atoms with Crippen molar-refractivity contribution >= 4 is 33.3 Å². The Balaban J connectivity index is 1.58. The van der Waals surface area contributed by atoms with Gasteiger partial charge in [0.2, 0.25) is 0 Å². The van der Waals surface area contributed by atoms with E-state index in [9.17, 15) is 4.79 Å². The van der Waals surface area contributed by atoms with E-state index in [0.29, 0.717) is 28.9 Å². The van der Waals surface area contributed by atoms with Gasteiger partial charge >= 0.3 is 0 Å². The molecule has 1 saturated carbocycles. The number of carbonyl (C=O) groups excluding carboxylic acids is 1. The maximum absolute atomic E-state index is 12.7. The molecular weight excluding hydrogens is 356 g/mol. The number of anilines is 1. The van der Waals surface area contributed by atoms with Gasteiger partial charge in [0.15, 0.2) is 0 Å². The van der Waals surface area contributed by atoms with E-state index in [2.05, 4.69) is 15.3 Å². The topological polar surface area (TPSA) is 80.9 Å². The monoisotopic (exact) mass is 380 g/mol. The van der Waals surface area contributed by atoms with Crippen molar-refractivity contribution in [2.75, 3.05) is 12.3 Å². The van der Waals surface area contributed by atoms with Crippen molar-refractivity contribution in [1.29, 1.82) is 0 Å². The Bertz CT molecular complexity index is 961. The third-order valence-electron chi connectivity index (χ3n) is 5.30. The molecule has 6 heteroatoms. The Kier molecular flexibility index (Phi) is 5.07. The highest BCUT2D eigenvalue weighted by Crippen LogP contribution is 2.33. The fourth-order valence-electron chi connectivity index (χ4n) is 3.82. The molecule has 0 atom stereocenters. The lowest BCUT2D eigenvalue weighted by Crippen LogP contribution is -2.28. The first-order valence-corrected chi connectivity index (χ1v) is 10.3. The van der Waals surface area contributed by atoms with Crippen molar-refractivity contribution in [2.45, 2.75) is 39.0 Å². The first-order valence-electron chi connectivity index (χ1n) is 9.49. The number of nitrogen functional groups attached to an aromatic ring is 1. The van der Waals surface area contributed by atoms with Crippen LogP contribution in [0.25, 0.3) is 10.2 Å². The number of carbonyl (C=O) groups is 1. The molecule has 140 valence electrons. The zero-order valence-corrected chi connectivity index (χ0v) is 16.3. The van der Waals surface area contributed by atoms with E-state index < -0.39 is 0 Å². The fourth-order valence-corrected chi connectivity index (χ4v) is 4.95. The van der Waals surface area contributed by atoms with Crippen molar-refractivity contribution in [2.24, 2.45) is 5.92 Å². The summed E-state index contributed by atoms with van der Waals surface area (Å²) < 4.78 is 0. The van der Waals surface area contributed by atoms with Crippen LogP contribution in [0.15, 0.2) is 30.3 Å². The van der Waals surface area contributed by atoms with Gasteiger partial charge in [-0.25, -0.2) is 9.97 Å². The van der Waals surface area contributed by atoms with E-state index in [1.807, 2.05) is 37.3 Å². The van der Waals surface area contributed by atoms with E-state index in [1.54, 1.807) is 0 Å². The lowest BCUT2D eigenvalue weighted by molar-refractivity contribution is 0.0951. The minimum Gasteiger partial charge on any atom is -0.383 e. The summed E-state index contributed by atoms with van der Waals surface area (Å²) in [5.74, 6) is 1.73. The van der Waals surface area contributed by atoms with Crippen LogP contribution in [-0.2, 0) is 6.42 Å².